The van der Waals surface area contributed by atoms with E-state index in [4.69, 9.17) is 14.2 Å². The van der Waals surface area contributed by atoms with E-state index >= 15 is 0 Å². The smallest absolute Gasteiger partial charge is 0.261 e. The molecular weight excluding hydrogens is 388 g/mol. The molecule has 0 aliphatic heterocycles. The van der Waals surface area contributed by atoms with Crippen LogP contribution in [0.25, 0.3) is 0 Å². The maximum absolute atomic E-state index is 11.9. The van der Waals surface area contributed by atoms with Gasteiger partial charge in [0.15, 0.2) is 5.78 Å². The molecule has 4 N–H and O–H groups in total. The highest BCUT2D eigenvalue weighted by Crippen LogP contribution is 2.24. The number of benzene rings is 2. The molecule has 144 valence electrons. The molecule has 0 unspecified atom stereocenters. The summed E-state index contributed by atoms with van der Waals surface area (Å²) >= 11 is 0. The van der Waals surface area contributed by atoms with Gasteiger partial charge in [-0.15, -0.1) is 0 Å². The summed E-state index contributed by atoms with van der Waals surface area (Å²) < 4.78 is 51.7. The van der Waals surface area contributed by atoms with Gasteiger partial charge in [0.25, 0.3) is 20.2 Å². The number of aromatic hydroxyl groups is 2. The van der Waals surface area contributed by atoms with E-state index in [2.05, 4.69) is 0 Å². The van der Waals surface area contributed by atoms with Crippen molar-refractivity contribution in [2.45, 2.75) is 0 Å². The molecule has 0 aromatic heterocycles. The molecule has 0 aliphatic carbocycles. The summed E-state index contributed by atoms with van der Waals surface area (Å²) in [7, 11) is -7.33. The average Bonchev–Trinajstić information content (AvgIpc) is 2.44. The standard InChI is InChI=1S/C13H10O3.2CH4O3S/c14-10-6-7-11(12(15)8-10)13(16)9-4-2-1-3-5-9;2*1-5(2,3)4/h1-8,14-15H;2*1H3,(H,2,3,4). The third-order valence-corrected chi connectivity index (χ3v) is 2.26. The Hall–Kier alpha value is -2.47. The zero-order chi connectivity index (χ0) is 20.5. The van der Waals surface area contributed by atoms with E-state index in [1.165, 1.54) is 12.1 Å². The second-order valence-electron chi connectivity index (χ2n) is 4.86. The first kappa shape index (κ1) is 23.5. The topological polar surface area (TPSA) is 166 Å². The van der Waals surface area contributed by atoms with Gasteiger partial charge >= 0.3 is 0 Å². The van der Waals surface area contributed by atoms with Crippen molar-refractivity contribution in [1.29, 1.82) is 0 Å². The minimum Gasteiger partial charge on any atom is -0.508 e. The zero-order valence-electron chi connectivity index (χ0n) is 13.8. The van der Waals surface area contributed by atoms with Crippen molar-refractivity contribution in [3.8, 4) is 11.5 Å². The number of rotatable bonds is 2. The maximum Gasteiger partial charge on any atom is 0.261 e. The van der Waals surface area contributed by atoms with Gasteiger partial charge in [-0.1, -0.05) is 30.3 Å². The molecule has 0 atom stereocenters. The Labute approximate surface area is 151 Å². The highest BCUT2D eigenvalue weighted by molar-refractivity contribution is 7.85. The van der Waals surface area contributed by atoms with Gasteiger partial charge < -0.3 is 10.2 Å². The van der Waals surface area contributed by atoms with Gasteiger partial charge in [0.1, 0.15) is 11.5 Å². The fourth-order valence-corrected chi connectivity index (χ4v) is 1.46. The van der Waals surface area contributed by atoms with Gasteiger partial charge in [0.05, 0.1) is 18.1 Å². The highest BCUT2D eigenvalue weighted by Gasteiger charge is 2.13. The molecule has 0 fully saturated rings. The molecule has 0 amide bonds. The van der Waals surface area contributed by atoms with Gasteiger partial charge in [0, 0.05) is 11.6 Å². The van der Waals surface area contributed by atoms with Crippen LogP contribution in [0.3, 0.4) is 0 Å². The number of carbonyl (C=O) groups is 1. The lowest BCUT2D eigenvalue weighted by atomic mass is 10.0. The Bertz CT molecular complexity index is 888. The van der Waals surface area contributed by atoms with Crippen molar-refractivity contribution < 1.29 is 40.9 Å². The molecule has 0 bridgehead atoms. The van der Waals surface area contributed by atoms with Crippen LogP contribution >= 0.6 is 0 Å². The van der Waals surface area contributed by atoms with Crippen LogP contribution in [0.15, 0.2) is 48.5 Å². The fraction of sp³-hybridized carbons (Fsp3) is 0.133. The minimum absolute atomic E-state index is 0.0675. The highest BCUT2D eigenvalue weighted by atomic mass is 32.2. The number of ketones is 1. The van der Waals surface area contributed by atoms with Gasteiger partial charge in [-0.2, -0.15) is 16.8 Å². The first-order valence-corrected chi connectivity index (χ1v) is 10.3. The van der Waals surface area contributed by atoms with Crippen LogP contribution in [0.1, 0.15) is 15.9 Å². The first-order valence-electron chi connectivity index (χ1n) is 6.65. The van der Waals surface area contributed by atoms with E-state index < -0.39 is 20.2 Å². The molecule has 0 aliphatic rings. The molecule has 11 heteroatoms. The van der Waals surface area contributed by atoms with Crippen LogP contribution in [0.4, 0.5) is 0 Å². The number of carbonyl (C=O) groups excluding carboxylic acids is 1. The van der Waals surface area contributed by atoms with Crippen LogP contribution in [0.5, 0.6) is 11.5 Å². The Morgan fingerprint density at radius 2 is 1.23 bits per heavy atom. The second kappa shape index (κ2) is 9.87. The molecule has 0 spiro atoms. The number of hydrogen-bond acceptors (Lipinski definition) is 7. The van der Waals surface area contributed by atoms with Crippen molar-refractivity contribution in [3.05, 3.63) is 59.7 Å². The lowest BCUT2D eigenvalue weighted by Crippen LogP contribution is -2.00. The predicted molar refractivity (Wildman–Crippen MR) is 94.6 cm³/mol. The Balaban J connectivity index is 0.000000520. The molecular formula is C15H18O9S2. The fourth-order valence-electron chi connectivity index (χ4n) is 1.46. The summed E-state index contributed by atoms with van der Waals surface area (Å²) in [4.78, 5) is 11.9. The van der Waals surface area contributed by atoms with Crippen molar-refractivity contribution in [2.75, 3.05) is 12.5 Å². The van der Waals surface area contributed by atoms with Crippen LogP contribution in [0, 0.1) is 0 Å². The van der Waals surface area contributed by atoms with E-state index in [0.29, 0.717) is 18.1 Å². The van der Waals surface area contributed by atoms with E-state index in [1.54, 1.807) is 24.3 Å². The van der Waals surface area contributed by atoms with Crippen LogP contribution in [-0.2, 0) is 20.2 Å². The number of phenols is 2. The molecule has 9 nitrogen and oxygen atoms in total. The van der Waals surface area contributed by atoms with Crippen molar-refractivity contribution in [2.24, 2.45) is 0 Å². The Kier molecular flexibility index (Phi) is 8.93. The predicted octanol–water partition coefficient (Wildman–Crippen LogP) is 1.34. The first-order chi connectivity index (χ1) is 11.7. The van der Waals surface area contributed by atoms with E-state index in [-0.39, 0.29) is 22.8 Å². The summed E-state index contributed by atoms with van der Waals surface area (Å²) in [6.45, 7) is 0. The monoisotopic (exact) mass is 406 g/mol. The Morgan fingerprint density at radius 3 is 1.62 bits per heavy atom. The van der Waals surface area contributed by atoms with Crippen LogP contribution in [0.2, 0.25) is 0 Å². The molecule has 2 aromatic rings. The van der Waals surface area contributed by atoms with Crippen LogP contribution in [-0.4, -0.2) is 54.4 Å². The molecule has 26 heavy (non-hydrogen) atoms. The molecule has 0 radical (unpaired) electrons. The summed E-state index contributed by atoms with van der Waals surface area (Å²) in [5.74, 6) is -0.547. The van der Waals surface area contributed by atoms with E-state index in [9.17, 15) is 26.7 Å². The quantitative estimate of drug-likeness (QED) is 0.425. The average molecular weight is 406 g/mol. The van der Waals surface area contributed by atoms with Crippen molar-refractivity contribution in [3.63, 3.8) is 0 Å². The summed E-state index contributed by atoms with van der Waals surface area (Å²) in [6.07, 6.45) is 1.43. The lowest BCUT2D eigenvalue weighted by molar-refractivity contribution is 0.103. The summed E-state index contributed by atoms with van der Waals surface area (Å²) in [6, 6.07) is 12.6. The van der Waals surface area contributed by atoms with E-state index in [0.717, 1.165) is 6.07 Å². The lowest BCUT2D eigenvalue weighted by Gasteiger charge is -2.04. The van der Waals surface area contributed by atoms with Gasteiger partial charge in [0.2, 0.25) is 0 Å². The van der Waals surface area contributed by atoms with Crippen molar-refractivity contribution in [1.82, 2.24) is 0 Å². The third-order valence-electron chi connectivity index (χ3n) is 2.26. The second-order valence-corrected chi connectivity index (χ2v) is 7.79. The Morgan fingerprint density at radius 1 is 0.808 bits per heavy atom. The minimum atomic E-state index is -3.67. The third kappa shape index (κ3) is 12.9. The normalized spacial score (nSPS) is 10.6. The molecule has 2 rings (SSSR count). The number of phenolic OH excluding ortho intramolecular Hbond substituents is 2. The van der Waals surface area contributed by atoms with E-state index in [1.807, 2.05) is 6.07 Å². The van der Waals surface area contributed by atoms with Gasteiger partial charge in [-0.25, -0.2) is 0 Å². The SMILES string of the molecule is CS(=O)(=O)O.CS(=O)(=O)O.O=C(c1ccccc1)c1ccc(O)cc1O. The summed E-state index contributed by atoms with van der Waals surface area (Å²) in [5.41, 5.74) is 0.687. The maximum atomic E-state index is 11.9. The van der Waals surface area contributed by atoms with Gasteiger partial charge in [-0.05, 0) is 12.1 Å². The van der Waals surface area contributed by atoms with Crippen LogP contribution < -0.4 is 0 Å². The molecule has 0 heterocycles. The molecule has 0 saturated heterocycles. The number of hydrogen-bond donors (Lipinski definition) is 4. The largest absolute Gasteiger partial charge is 0.508 e. The zero-order valence-corrected chi connectivity index (χ0v) is 15.4. The van der Waals surface area contributed by atoms with Gasteiger partial charge in [-0.3, -0.25) is 13.9 Å². The van der Waals surface area contributed by atoms with Crippen molar-refractivity contribution >= 4 is 26.0 Å². The molecule has 2 aromatic carbocycles. The summed E-state index contributed by atoms with van der Waals surface area (Å²) in [5, 5.41) is 18.7. The molecule has 0 saturated carbocycles.